The number of aliphatic hydroxyl groups is 1. The van der Waals surface area contributed by atoms with E-state index in [9.17, 15) is 18.5 Å². The molecule has 0 aromatic carbocycles. The number of aromatic nitrogens is 1. The van der Waals surface area contributed by atoms with E-state index >= 15 is 0 Å². The first kappa shape index (κ1) is 23.9. The van der Waals surface area contributed by atoms with E-state index in [-0.39, 0.29) is 40.8 Å². The summed E-state index contributed by atoms with van der Waals surface area (Å²) in [6.07, 6.45) is 3.08. The third-order valence-electron chi connectivity index (χ3n) is 4.89. The van der Waals surface area contributed by atoms with Crippen LogP contribution in [0.1, 0.15) is 59.3 Å². The van der Waals surface area contributed by atoms with Crippen molar-refractivity contribution in [3.63, 3.8) is 0 Å². The van der Waals surface area contributed by atoms with Crippen LogP contribution in [0.15, 0.2) is 37.9 Å². The maximum Gasteiger partial charge on any atom is 0.259 e. The summed E-state index contributed by atoms with van der Waals surface area (Å²) in [5, 5.41) is 15.9. The van der Waals surface area contributed by atoms with Crippen LogP contribution in [0.2, 0.25) is 0 Å². The molecule has 0 saturated carbocycles. The Bertz CT molecular complexity index is 962. The third kappa shape index (κ3) is 5.81. The molecule has 0 saturated heterocycles. The molecule has 0 aliphatic heterocycles. The molecular formula is C20H30FN3O3S2. The van der Waals surface area contributed by atoms with Gasteiger partial charge < -0.3 is 5.11 Å². The van der Waals surface area contributed by atoms with E-state index in [0.29, 0.717) is 4.88 Å². The van der Waals surface area contributed by atoms with Gasteiger partial charge in [0.25, 0.3) is 5.91 Å². The largest absolute Gasteiger partial charge is 0.385 e. The van der Waals surface area contributed by atoms with Crippen LogP contribution in [0.25, 0.3) is 0 Å². The molecule has 29 heavy (non-hydrogen) atoms. The van der Waals surface area contributed by atoms with Gasteiger partial charge in [-0.05, 0) is 43.3 Å². The molecule has 1 heterocycles. The second-order valence-electron chi connectivity index (χ2n) is 8.56. The Balaban J connectivity index is 2.39. The fourth-order valence-corrected chi connectivity index (χ4v) is 5.49. The van der Waals surface area contributed by atoms with Gasteiger partial charge in [0.15, 0.2) is 9.92 Å². The number of halogens is 1. The van der Waals surface area contributed by atoms with Gasteiger partial charge in [0.2, 0.25) is 4.34 Å². The fourth-order valence-electron chi connectivity index (χ4n) is 3.34. The van der Waals surface area contributed by atoms with Crippen molar-refractivity contribution in [3.05, 3.63) is 34.1 Å². The monoisotopic (exact) mass is 443 g/mol. The number of amides is 1. The van der Waals surface area contributed by atoms with Crippen molar-refractivity contribution in [2.75, 3.05) is 0 Å². The standard InChI is InChI=1S/C20H30FN3O3S2/c1-11(2)14-7-13(21)8-15(12(3)4)16(14)9-18(25)24-29(22,27)19-23-10-17(28-19)20(5,6)26/h7,10-12,15,26H,8-9H2,1-6H3,(H2,22,24,25,27)/t15?,29-/m0/s1. The molecular weight excluding hydrogens is 413 g/mol. The zero-order valence-corrected chi connectivity index (χ0v) is 19.4. The number of hydrogen-bond donors (Lipinski definition) is 2. The van der Waals surface area contributed by atoms with Gasteiger partial charge >= 0.3 is 0 Å². The van der Waals surface area contributed by atoms with E-state index in [1.807, 2.05) is 27.7 Å². The molecule has 2 rings (SSSR count). The second-order valence-corrected chi connectivity index (χ2v) is 11.6. The Labute approximate surface area is 176 Å². The number of allylic oxidation sites excluding steroid dienone is 3. The molecule has 9 heteroatoms. The van der Waals surface area contributed by atoms with Gasteiger partial charge in [-0.25, -0.2) is 18.7 Å². The molecule has 2 atom stereocenters. The molecule has 1 aliphatic carbocycles. The van der Waals surface area contributed by atoms with E-state index in [2.05, 4.69) is 9.35 Å². The van der Waals surface area contributed by atoms with Gasteiger partial charge in [0.05, 0.1) is 16.9 Å². The van der Waals surface area contributed by atoms with E-state index in [1.54, 1.807) is 13.8 Å². The summed E-state index contributed by atoms with van der Waals surface area (Å²) in [5.74, 6) is -0.744. The Kier molecular flexibility index (Phi) is 7.20. The number of thiazole rings is 1. The lowest BCUT2D eigenvalue weighted by Crippen LogP contribution is -2.21. The maximum atomic E-state index is 14.1. The Morgan fingerprint density at radius 2 is 2.07 bits per heavy atom. The molecule has 1 aromatic rings. The molecule has 162 valence electrons. The first-order chi connectivity index (χ1) is 13.2. The minimum Gasteiger partial charge on any atom is -0.385 e. The lowest BCUT2D eigenvalue weighted by atomic mass is 9.75. The summed E-state index contributed by atoms with van der Waals surface area (Å²) >= 11 is 0.967. The molecule has 3 N–H and O–H groups in total. The molecule has 1 aromatic heterocycles. The first-order valence-corrected chi connectivity index (χ1v) is 12.0. The highest BCUT2D eigenvalue weighted by Crippen LogP contribution is 2.39. The van der Waals surface area contributed by atoms with E-state index < -0.39 is 21.4 Å². The van der Waals surface area contributed by atoms with E-state index in [1.165, 1.54) is 12.3 Å². The SMILES string of the molecule is CC(C)C1=C(CC(=O)N=[S@](N)(=O)c2ncc(C(C)(C)O)s2)C(C(C)C)CC(F)=C1. The number of carbonyl (C=O) groups is 1. The number of rotatable bonds is 6. The van der Waals surface area contributed by atoms with Gasteiger partial charge in [0.1, 0.15) is 5.83 Å². The van der Waals surface area contributed by atoms with Gasteiger partial charge in [0, 0.05) is 12.6 Å². The third-order valence-corrected chi connectivity index (χ3v) is 8.04. The van der Waals surface area contributed by atoms with Gasteiger partial charge in [-0.1, -0.05) is 33.3 Å². The minimum absolute atomic E-state index is 0.00367. The van der Waals surface area contributed by atoms with Crippen molar-refractivity contribution in [1.29, 1.82) is 0 Å². The van der Waals surface area contributed by atoms with Crippen LogP contribution in [0.4, 0.5) is 4.39 Å². The predicted molar refractivity (Wildman–Crippen MR) is 114 cm³/mol. The van der Waals surface area contributed by atoms with E-state index in [4.69, 9.17) is 5.14 Å². The number of nitrogens with zero attached hydrogens (tertiary/aromatic N) is 2. The van der Waals surface area contributed by atoms with Gasteiger partial charge in [-0.2, -0.15) is 0 Å². The lowest BCUT2D eigenvalue weighted by Gasteiger charge is -2.30. The quantitative estimate of drug-likeness (QED) is 0.676. The molecule has 0 bridgehead atoms. The summed E-state index contributed by atoms with van der Waals surface area (Å²) in [7, 11) is -3.53. The Morgan fingerprint density at radius 1 is 1.45 bits per heavy atom. The Hall–Kier alpha value is -1.42. The van der Waals surface area contributed by atoms with Crippen LogP contribution in [0.3, 0.4) is 0 Å². The maximum absolute atomic E-state index is 14.1. The molecule has 0 spiro atoms. The zero-order chi connectivity index (χ0) is 22.1. The van der Waals surface area contributed by atoms with Crippen molar-refractivity contribution in [2.45, 2.75) is 64.3 Å². The van der Waals surface area contributed by atoms with Crippen LogP contribution >= 0.6 is 11.3 Å². The fraction of sp³-hybridized carbons (Fsp3) is 0.600. The molecule has 1 unspecified atom stereocenters. The predicted octanol–water partition coefficient (Wildman–Crippen LogP) is 4.47. The molecule has 0 radical (unpaired) electrons. The van der Waals surface area contributed by atoms with Crippen LogP contribution in [-0.2, 0) is 20.3 Å². The number of nitrogens with two attached hydrogens (primary N) is 1. The molecule has 1 aliphatic rings. The summed E-state index contributed by atoms with van der Waals surface area (Å²) in [4.78, 5) is 17.1. The Morgan fingerprint density at radius 3 is 2.55 bits per heavy atom. The average Bonchev–Trinajstić information content (AvgIpc) is 3.06. The van der Waals surface area contributed by atoms with Crippen LogP contribution in [0, 0.1) is 17.8 Å². The normalized spacial score (nSPS) is 20.1. The highest BCUT2D eigenvalue weighted by Gasteiger charge is 2.30. The van der Waals surface area contributed by atoms with Crippen molar-refractivity contribution >= 4 is 27.2 Å². The highest BCUT2D eigenvalue weighted by molar-refractivity contribution is 7.93. The first-order valence-electron chi connectivity index (χ1n) is 9.57. The summed E-state index contributed by atoms with van der Waals surface area (Å²) in [5.41, 5.74) is 0.463. The summed E-state index contributed by atoms with van der Waals surface area (Å²) in [6, 6.07) is 0. The molecule has 0 fully saturated rings. The van der Waals surface area contributed by atoms with Crippen LogP contribution in [-0.4, -0.2) is 20.2 Å². The number of carbonyl (C=O) groups excluding carboxylic acids is 1. The van der Waals surface area contributed by atoms with Crippen LogP contribution < -0.4 is 5.14 Å². The van der Waals surface area contributed by atoms with Gasteiger partial charge in [-0.3, -0.25) is 4.79 Å². The van der Waals surface area contributed by atoms with Crippen molar-refractivity contribution in [2.24, 2.45) is 27.3 Å². The minimum atomic E-state index is -3.53. The second kappa shape index (κ2) is 8.75. The number of hydrogen-bond acceptors (Lipinski definition) is 5. The lowest BCUT2D eigenvalue weighted by molar-refractivity contribution is -0.117. The average molecular weight is 444 g/mol. The van der Waals surface area contributed by atoms with Crippen molar-refractivity contribution in [3.8, 4) is 0 Å². The van der Waals surface area contributed by atoms with Crippen molar-refractivity contribution in [1.82, 2.24) is 4.98 Å². The van der Waals surface area contributed by atoms with Gasteiger partial charge in [-0.15, -0.1) is 15.7 Å². The van der Waals surface area contributed by atoms with Crippen molar-refractivity contribution < 1.29 is 18.5 Å². The van der Waals surface area contributed by atoms with Crippen LogP contribution in [0.5, 0.6) is 0 Å². The topological polar surface area (TPSA) is 106 Å². The summed E-state index contributed by atoms with van der Waals surface area (Å²) in [6.45, 7) is 11.0. The zero-order valence-electron chi connectivity index (χ0n) is 17.7. The molecule has 1 amide bonds. The smallest absolute Gasteiger partial charge is 0.259 e. The summed E-state index contributed by atoms with van der Waals surface area (Å²) < 4.78 is 30.7. The highest BCUT2D eigenvalue weighted by atomic mass is 32.2. The van der Waals surface area contributed by atoms with E-state index in [0.717, 1.165) is 22.5 Å². The molecule has 6 nitrogen and oxygen atoms in total.